The first-order valence-corrected chi connectivity index (χ1v) is 4.45. The summed E-state index contributed by atoms with van der Waals surface area (Å²) >= 11 is 0. The van der Waals surface area contributed by atoms with E-state index in [0.29, 0.717) is 11.9 Å². The summed E-state index contributed by atoms with van der Waals surface area (Å²) in [5.74, 6) is 0.302. The first-order chi connectivity index (χ1) is 6.29. The van der Waals surface area contributed by atoms with Crippen molar-refractivity contribution >= 4 is 5.91 Å². The SMILES string of the molecule is CC1CCCN1C(=O)c1ncn[nH]1. The molecule has 1 N–H and O–H groups in total. The number of H-pyrrole nitrogens is 1. The Balaban J connectivity index is 2.13. The minimum Gasteiger partial charge on any atom is -0.333 e. The molecule has 0 aliphatic carbocycles. The van der Waals surface area contributed by atoms with Crippen molar-refractivity contribution in [3.63, 3.8) is 0 Å². The molecule has 0 spiro atoms. The van der Waals surface area contributed by atoms with Crippen LogP contribution in [0.4, 0.5) is 0 Å². The van der Waals surface area contributed by atoms with Crippen molar-refractivity contribution in [3.8, 4) is 0 Å². The second kappa shape index (κ2) is 3.16. The molecule has 13 heavy (non-hydrogen) atoms. The predicted molar refractivity (Wildman–Crippen MR) is 46.1 cm³/mol. The second-order valence-corrected chi connectivity index (χ2v) is 3.32. The van der Waals surface area contributed by atoms with Gasteiger partial charge in [-0.3, -0.25) is 9.89 Å². The summed E-state index contributed by atoms with van der Waals surface area (Å²) in [5.41, 5.74) is 0. The van der Waals surface area contributed by atoms with Crippen molar-refractivity contribution in [1.29, 1.82) is 0 Å². The summed E-state index contributed by atoms with van der Waals surface area (Å²) in [6.45, 7) is 2.89. The van der Waals surface area contributed by atoms with Gasteiger partial charge in [0, 0.05) is 12.6 Å². The maximum Gasteiger partial charge on any atom is 0.291 e. The molecule has 1 amide bonds. The van der Waals surface area contributed by atoms with Crippen molar-refractivity contribution in [3.05, 3.63) is 12.2 Å². The molecular formula is C8H12N4O. The Labute approximate surface area is 76.2 Å². The molecule has 1 atom stereocenters. The number of likely N-dealkylation sites (tertiary alicyclic amines) is 1. The molecule has 1 unspecified atom stereocenters. The first-order valence-electron chi connectivity index (χ1n) is 4.45. The number of amides is 1. The highest BCUT2D eigenvalue weighted by Crippen LogP contribution is 2.17. The maximum absolute atomic E-state index is 11.7. The van der Waals surface area contributed by atoms with Crippen LogP contribution in [0, 0.1) is 0 Å². The van der Waals surface area contributed by atoms with Gasteiger partial charge in [0.05, 0.1) is 0 Å². The molecule has 0 aromatic carbocycles. The highest BCUT2D eigenvalue weighted by molar-refractivity contribution is 5.90. The summed E-state index contributed by atoms with van der Waals surface area (Å²) in [5, 5.41) is 6.24. The number of aromatic amines is 1. The minimum absolute atomic E-state index is 0.0394. The number of aromatic nitrogens is 3. The first kappa shape index (κ1) is 8.22. The number of nitrogens with zero attached hydrogens (tertiary/aromatic N) is 3. The second-order valence-electron chi connectivity index (χ2n) is 3.32. The highest BCUT2D eigenvalue weighted by atomic mass is 16.2. The lowest BCUT2D eigenvalue weighted by Gasteiger charge is -2.19. The van der Waals surface area contributed by atoms with Gasteiger partial charge in [0.1, 0.15) is 6.33 Å². The molecule has 5 heteroatoms. The van der Waals surface area contributed by atoms with Gasteiger partial charge in [-0.25, -0.2) is 4.98 Å². The fourth-order valence-corrected chi connectivity index (χ4v) is 1.68. The molecule has 1 saturated heterocycles. The van der Waals surface area contributed by atoms with Crippen LogP contribution >= 0.6 is 0 Å². The maximum atomic E-state index is 11.7. The van der Waals surface area contributed by atoms with E-state index in [0.717, 1.165) is 19.4 Å². The molecule has 2 heterocycles. The summed E-state index contributed by atoms with van der Waals surface area (Å²) < 4.78 is 0. The zero-order valence-corrected chi connectivity index (χ0v) is 7.53. The van der Waals surface area contributed by atoms with Gasteiger partial charge in [0.15, 0.2) is 0 Å². The molecular weight excluding hydrogens is 168 g/mol. The minimum atomic E-state index is -0.0394. The van der Waals surface area contributed by atoms with E-state index in [1.165, 1.54) is 6.33 Å². The Bertz CT molecular complexity index is 295. The third-order valence-corrected chi connectivity index (χ3v) is 2.43. The number of carbonyl (C=O) groups excluding carboxylic acids is 1. The van der Waals surface area contributed by atoms with Crippen LogP contribution in [0.25, 0.3) is 0 Å². The van der Waals surface area contributed by atoms with E-state index >= 15 is 0 Å². The number of hydrogen-bond acceptors (Lipinski definition) is 3. The van der Waals surface area contributed by atoms with Crippen LogP contribution in [0.2, 0.25) is 0 Å². The Kier molecular flexibility index (Phi) is 2.00. The Morgan fingerprint density at radius 3 is 3.15 bits per heavy atom. The normalized spacial score (nSPS) is 22.2. The summed E-state index contributed by atoms with van der Waals surface area (Å²) in [6, 6.07) is 0.331. The molecule has 1 aliphatic heterocycles. The average Bonchev–Trinajstić information content (AvgIpc) is 2.72. The third-order valence-electron chi connectivity index (χ3n) is 2.43. The fourth-order valence-electron chi connectivity index (χ4n) is 1.68. The summed E-state index contributed by atoms with van der Waals surface area (Å²) in [7, 11) is 0. The molecule has 5 nitrogen and oxygen atoms in total. The molecule has 1 aliphatic rings. The van der Waals surface area contributed by atoms with Crippen molar-refractivity contribution in [1.82, 2.24) is 20.1 Å². The Morgan fingerprint density at radius 1 is 1.77 bits per heavy atom. The summed E-state index contributed by atoms with van der Waals surface area (Å²) in [6.07, 6.45) is 3.52. The van der Waals surface area contributed by atoms with Crippen molar-refractivity contribution < 1.29 is 4.79 Å². The molecule has 2 rings (SSSR count). The molecule has 0 radical (unpaired) electrons. The van der Waals surface area contributed by atoms with Crippen LogP contribution in [-0.4, -0.2) is 38.6 Å². The van der Waals surface area contributed by atoms with Crippen molar-refractivity contribution in [2.24, 2.45) is 0 Å². The highest BCUT2D eigenvalue weighted by Gasteiger charge is 2.27. The van der Waals surface area contributed by atoms with Gasteiger partial charge >= 0.3 is 0 Å². The van der Waals surface area contributed by atoms with Gasteiger partial charge in [0.25, 0.3) is 5.91 Å². The largest absolute Gasteiger partial charge is 0.333 e. The Hall–Kier alpha value is -1.39. The van der Waals surface area contributed by atoms with E-state index < -0.39 is 0 Å². The lowest BCUT2D eigenvalue weighted by atomic mass is 10.2. The van der Waals surface area contributed by atoms with Crippen LogP contribution in [0.5, 0.6) is 0 Å². The number of carbonyl (C=O) groups is 1. The van der Waals surface area contributed by atoms with Crippen LogP contribution in [0.15, 0.2) is 6.33 Å². The molecule has 70 valence electrons. The van der Waals surface area contributed by atoms with E-state index in [-0.39, 0.29) is 5.91 Å². The van der Waals surface area contributed by atoms with Gasteiger partial charge in [-0.2, -0.15) is 5.10 Å². The zero-order chi connectivity index (χ0) is 9.26. The average molecular weight is 180 g/mol. The molecule has 1 fully saturated rings. The zero-order valence-electron chi connectivity index (χ0n) is 7.53. The van der Waals surface area contributed by atoms with Gasteiger partial charge in [-0.15, -0.1) is 0 Å². The van der Waals surface area contributed by atoms with Gasteiger partial charge in [-0.05, 0) is 19.8 Å². The number of nitrogens with one attached hydrogen (secondary N) is 1. The van der Waals surface area contributed by atoms with Crippen molar-refractivity contribution in [2.75, 3.05) is 6.54 Å². The lowest BCUT2D eigenvalue weighted by Crippen LogP contribution is -2.34. The van der Waals surface area contributed by atoms with Crippen LogP contribution in [0.3, 0.4) is 0 Å². The number of rotatable bonds is 1. The predicted octanol–water partition coefficient (Wildman–Crippen LogP) is 0.429. The van der Waals surface area contributed by atoms with E-state index in [1.54, 1.807) is 0 Å². The summed E-state index contributed by atoms with van der Waals surface area (Å²) in [4.78, 5) is 17.4. The van der Waals surface area contributed by atoms with Crippen molar-refractivity contribution in [2.45, 2.75) is 25.8 Å². The van der Waals surface area contributed by atoms with Crippen LogP contribution in [0.1, 0.15) is 30.4 Å². The molecule has 0 saturated carbocycles. The lowest BCUT2D eigenvalue weighted by molar-refractivity contribution is 0.0735. The van der Waals surface area contributed by atoms with E-state index in [2.05, 4.69) is 22.1 Å². The third kappa shape index (κ3) is 1.41. The van der Waals surface area contributed by atoms with E-state index in [1.807, 2.05) is 4.90 Å². The van der Waals surface area contributed by atoms with Crippen LogP contribution in [-0.2, 0) is 0 Å². The molecule has 1 aromatic rings. The fraction of sp³-hybridized carbons (Fsp3) is 0.625. The molecule has 1 aromatic heterocycles. The molecule has 0 bridgehead atoms. The topological polar surface area (TPSA) is 61.9 Å². The van der Waals surface area contributed by atoms with Crippen LogP contribution < -0.4 is 0 Å². The smallest absolute Gasteiger partial charge is 0.291 e. The van der Waals surface area contributed by atoms with E-state index in [4.69, 9.17) is 0 Å². The van der Waals surface area contributed by atoms with Gasteiger partial charge in [-0.1, -0.05) is 0 Å². The van der Waals surface area contributed by atoms with Gasteiger partial charge < -0.3 is 4.90 Å². The standard InChI is InChI=1S/C8H12N4O/c1-6-3-2-4-12(6)8(13)7-9-5-10-11-7/h5-6H,2-4H2,1H3,(H,9,10,11). The van der Waals surface area contributed by atoms with Gasteiger partial charge in [0.2, 0.25) is 5.82 Å². The Morgan fingerprint density at radius 2 is 2.62 bits per heavy atom. The monoisotopic (exact) mass is 180 g/mol. The van der Waals surface area contributed by atoms with E-state index in [9.17, 15) is 4.79 Å². The quantitative estimate of drug-likeness (QED) is 0.681. The number of hydrogen-bond donors (Lipinski definition) is 1.